The van der Waals surface area contributed by atoms with E-state index < -0.39 is 0 Å². The second kappa shape index (κ2) is 8.38. The van der Waals surface area contributed by atoms with Gasteiger partial charge in [-0.05, 0) is 43.2 Å². The molecule has 1 amide bonds. The molecule has 0 spiro atoms. The molecule has 0 aliphatic rings. The third-order valence-corrected chi connectivity index (χ3v) is 5.95. The number of halogens is 1. The van der Waals surface area contributed by atoms with Gasteiger partial charge in [-0.15, -0.1) is 16.4 Å². The number of hydrogen-bond donors (Lipinski definition) is 1. The number of amides is 1. The Morgan fingerprint density at radius 1 is 1.07 bits per heavy atom. The summed E-state index contributed by atoms with van der Waals surface area (Å²) in [5, 5.41) is 9.68. The van der Waals surface area contributed by atoms with Gasteiger partial charge in [-0.1, -0.05) is 35.9 Å². The standard InChI is InChI=1S/C22H19ClN4O2S/c1-13-3-4-16(11-14(13)2)19(28)9-10-20(29)24-21-25-22-27(26-21)18(12-30-22)15-5-7-17(23)8-6-15/h3-8,11-12H,9-10H2,1-2H3,(H,24,26,29). The van der Waals surface area contributed by atoms with Crippen molar-refractivity contribution < 1.29 is 9.59 Å². The van der Waals surface area contributed by atoms with Gasteiger partial charge in [-0.2, -0.15) is 4.98 Å². The van der Waals surface area contributed by atoms with E-state index in [1.165, 1.54) is 11.3 Å². The van der Waals surface area contributed by atoms with Gasteiger partial charge in [0.05, 0.1) is 5.69 Å². The average Bonchev–Trinajstić information content (AvgIpc) is 3.29. The molecule has 0 saturated carbocycles. The normalized spacial score (nSPS) is 11.0. The molecule has 0 unspecified atom stereocenters. The second-order valence-electron chi connectivity index (χ2n) is 7.03. The lowest BCUT2D eigenvalue weighted by molar-refractivity contribution is -0.116. The molecule has 0 fully saturated rings. The highest BCUT2D eigenvalue weighted by atomic mass is 35.5. The summed E-state index contributed by atoms with van der Waals surface area (Å²) in [7, 11) is 0. The molecule has 6 nitrogen and oxygen atoms in total. The Morgan fingerprint density at radius 2 is 1.83 bits per heavy atom. The van der Waals surface area contributed by atoms with Crippen molar-refractivity contribution in [3.63, 3.8) is 0 Å². The Bertz CT molecular complexity index is 1240. The molecule has 2 heterocycles. The maximum atomic E-state index is 12.4. The molecular formula is C22H19ClN4O2S. The minimum absolute atomic E-state index is 0.0583. The smallest absolute Gasteiger partial charge is 0.250 e. The van der Waals surface area contributed by atoms with Gasteiger partial charge in [-0.3, -0.25) is 14.9 Å². The van der Waals surface area contributed by atoms with E-state index in [0.29, 0.717) is 15.5 Å². The van der Waals surface area contributed by atoms with Crippen molar-refractivity contribution in [3.05, 3.63) is 69.6 Å². The number of fused-ring (bicyclic) bond motifs is 1. The van der Waals surface area contributed by atoms with Crippen LogP contribution in [0.4, 0.5) is 5.95 Å². The Balaban J connectivity index is 1.41. The first-order valence-electron chi connectivity index (χ1n) is 9.41. The van der Waals surface area contributed by atoms with Crippen LogP contribution in [0.2, 0.25) is 5.02 Å². The fourth-order valence-corrected chi connectivity index (χ4v) is 3.98. The molecule has 0 radical (unpaired) electrons. The Hall–Kier alpha value is -3.03. The maximum Gasteiger partial charge on any atom is 0.250 e. The first kappa shape index (κ1) is 20.3. The van der Waals surface area contributed by atoms with Crippen molar-refractivity contribution in [2.75, 3.05) is 5.32 Å². The molecule has 4 rings (SSSR count). The molecular weight excluding hydrogens is 420 g/mol. The van der Waals surface area contributed by atoms with E-state index in [2.05, 4.69) is 15.4 Å². The van der Waals surface area contributed by atoms with Crippen LogP contribution < -0.4 is 5.32 Å². The van der Waals surface area contributed by atoms with Crippen LogP contribution in [0.5, 0.6) is 0 Å². The van der Waals surface area contributed by atoms with Crippen LogP contribution in [-0.4, -0.2) is 26.3 Å². The number of hydrogen-bond acceptors (Lipinski definition) is 5. The molecule has 0 bridgehead atoms. The van der Waals surface area contributed by atoms with Gasteiger partial charge in [0, 0.05) is 34.4 Å². The van der Waals surface area contributed by atoms with Gasteiger partial charge >= 0.3 is 0 Å². The fourth-order valence-electron chi connectivity index (χ4n) is 3.03. The number of nitrogens with one attached hydrogen (secondary N) is 1. The highest BCUT2D eigenvalue weighted by Crippen LogP contribution is 2.27. The van der Waals surface area contributed by atoms with Crippen molar-refractivity contribution >= 4 is 45.5 Å². The first-order valence-corrected chi connectivity index (χ1v) is 10.7. The third kappa shape index (κ3) is 4.27. The number of Topliss-reactive ketones (excluding diaryl/α,β-unsaturated/α-hetero) is 1. The number of carbonyl (C=O) groups excluding carboxylic acids is 2. The van der Waals surface area contributed by atoms with Crippen molar-refractivity contribution in [1.29, 1.82) is 0 Å². The van der Waals surface area contributed by atoms with Crippen molar-refractivity contribution in [2.45, 2.75) is 26.7 Å². The van der Waals surface area contributed by atoms with E-state index in [0.717, 1.165) is 22.4 Å². The zero-order valence-electron chi connectivity index (χ0n) is 16.5. The van der Waals surface area contributed by atoms with Crippen LogP contribution in [0.1, 0.15) is 34.3 Å². The summed E-state index contributed by atoms with van der Waals surface area (Å²) < 4.78 is 1.68. The van der Waals surface area contributed by atoms with E-state index >= 15 is 0 Å². The molecule has 30 heavy (non-hydrogen) atoms. The summed E-state index contributed by atoms with van der Waals surface area (Å²) in [6, 6.07) is 13.0. The first-order chi connectivity index (χ1) is 14.4. The Labute approximate surface area is 182 Å². The summed E-state index contributed by atoms with van der Waals surface area (Å²) in [6.07, 6.45) is 0.204. The molecule has 0 saturated heterocycles. The van der Waals surface area contributed by atoms with E-state index in [9.17, 15) is 9.59 Å². The summed E-state index contributed by atoms with van der Waals surface area (Å²) in [5.41, 5.74) is 4.63. The zero-order valence-corrected chi connectivity index (χ0v) is 18.0. The molecule has 0 aliphatic heterocycles. The Morgan fingerprint density at radius 3 is 2.57 bits per heavy atom. The number of carbonyl (C=O) groups is 2. The van der Waals surface area contributed by atoms with Gasteiger partial charge in [0.15, 0.2) is 5.78 Å². The zero-order chi connectivity index (χ0) is 21.3. The van der Waals surface area contributed by atoms with Crippen molar-refractivity contribution in [3.8, 4) is 11.3 Å². The summed E-state index contributed by atoms with van der Waals surface area (Å²) in [5.74, 6) is -0.128. The average molecular weight is 439 g/mol. The van der Waals surface area contributed by atoms with Gasteiger partial charge in [0.25, 0.3) is 0 Å². The topological polar surface area (TPSA) is 76.4 Å². The van der Waals surface area contributed by atoms with Crippen molar-refractivity contribution in [2.24, 2.45) is 0 Å². The molecule has 4 aromatic rings. The minimum Gasteiger partial charge on any atom is -0.294 e. The van der Waals surface area contributed by atoms with Crippen LogP contribution in [0.15, 0.2) is 47.8 Å². The van der Waals surface area contributed by atoms with E-state index in [1.54, 1.807) is 10.6 Å². The molecule has 2 aromatic heterocycles. The molecule has 8 heteroatoms. The molecule has 2 aromatic carbocycles. The van der Waals surface area contributed by atoms with Crippen LogP contribution in [-0.2, 0) is 4.79 Å². The maximum absolute atomic E-state index is 12.4. The molecule has 1 N–H and O–H groups in total. The second-order valence-corrected chi connectivity index (χ2v) is 8.30. The molecule has 0 aliphatic carbocycles. The number of benzene rings is 2. The molecule has 0 atom stereocenters. The number of thiazole rings is 1. The summed E-state index contributed by atoms with van der Waals surface area (Å²) in [4.78, 5) is 29.7. The van der Waals surface area contributed by atoms with Gasteiger partial charge in [0.2, 0.25) is 16.8 Å². The lowest BCUT2D eigenvalue weighted by Crippen LogP contribution is -2.14. The number of rotatable bonds is 6. The third-order valence-electron chi connectivity index (χ3n) is 4.88. The van der Waals surface area contributed by atoms with Crippen molar-refractivity contribution in [1.82, 2.24) is 14.6 Å². The highest BCUT2D eigenvalue weighted by Gasteiger charge is 2.15. The largest absolute Gasteiger partial charge is 0.294 e. The van der Waals surface area contributed by atoms with Crippen LogP contribution >= 0.6 is 22.9 Å². The monoisotopic (exact) mass is 438 g/mol. The van der Waals surface area contributed by atoms with E-state index in [1.807, 2.05) is 55.6 Å². The summed E-state index contributed by atoms with van der Waals surface area (Å²) >= 11 is 7.38. The predicted octanol–water partition coefficient (Wildman–Crippen LogP) is 5.33. The van der Waals surface area contributed by atoms with Gasteiger partial charge in [0.1, 0.15) is 0 Å². The summed E-state index contributed by atoms with van der Waals surface area (Å²) in [6.45, 7) is 3.96. The number of aryl methyl sites for hydroxylation is 2. The number of nitrogens with zero attached hydrogens (tertiary/aromatic N) is 3. The number of anilines is 1. The predicted molar refractivity (Wildman–Crippen MR) is 119 cm³/mol. The van der Waals surface area contributed by atoms with Gasteiger partial charge < -0.3 is 0 Å². The van der Waals surface area contributed by atoms with E-state index in [-0.39, 0.29) is 30.5 Å². The SMILES string of the molecule is Cc1ccc(C(=O)CCC(=O)Nc2nc3scc(-c4ccc(Cl)cc4)n3n2)cc1C. The lowest BCUT2D eigenvalue weighted by atomic mass is 10.0. The fraction of sp³-hybridized carbons (Fsp3) is 0.182. The quantitative estimate of drug-likeness (QED) is 0.413. The Kier molecular flexibility index (Phi) is 5.65. The van der Waals surface area contributed by atoms with E-state index in [4.69, 9.17) is 11.6 Å². The van der Waals surface area contributed by atoms with Crippen LogP contribution in [0.3, 0.4) is 0 Å². The number of aromatic nitrogens is 3. The minimum atomic E-state index is -0.293. The highest BCUT2D eigenvalue weighted by molar-refractivity contribution is 7.15. The molecule has 152 valence electrons. The number of ketones is 1. The van der Waals surface area contributed by atoms with Crippen LogP contribution in [0.25, 0.3) is 16.2 Å². The van der Waals surface area contributed by atoms with Crippen LogP contribution in [0, 0.1) is 13.8 Å². The lowest BCUT2D eigenvalue weighted by Gasteiger charge is -2.05. The van der Waals surface area contributed by atoms with Gasteiger partial charge in [-0.25, -0.2) is 4.52 Å².